The van der Waals surface area contributed by atoms with Crippen LogP contribution in [0.25, 0.3) is 0 Å². The van der Waals surface area contributed by atoms with Gasteiger partial charge in [-0.3, -0.25) is 10.1 Å². The van der Waals surface area contributed by atoms with E-state index in [1.54, 1.807) is 12.3 Å². The Bertz CT molecular complexity index is 447. The average Bonchev–Trinajstić information content (AvgIpc) is 2.81. The summed E-state index contributed by atoms with van der Waals surface area (Å²) in [4.78, 5) is 14.0. The minimum Gasteiger partial charge on any atom is -0.500 e. The third-order valence-electron chi connectivity index (χ3n) is 2.44. The van der Waals surface area contributed by atoms with Gasteiger partial charge in [0.25, 0.3) is 5.70 Å². The van der Waals surface area contributed by atoms with Crippen LogP contribution in [0.2, 0.25) is 0 Å². The van der Waals surface area contributed by atoms with Crippen LogP contribution in [-0.2, 0) is 4.74 Å². The van der Waals surface area contributed by atoms with E-state index in [2.05, 4.69) is 4.98 Å². The first kappa shape index (κ1) is 10.4. The summed E-state index contributed by atoms with van der Waals surface area (Å²) in [6.45, 7) is 0. The Morgan fingerprint density at radius 2 is 2.50 bits per heavy atom. The molecule has 1 unspecified atom stereocenters. The molecule has 0 radical (unpaired) electrons. The van der Waals surface area contributed by atoms with Gasteiger partial charge in [0, 0.05) is 0 Å². The highest BCUT2D eigenvalue weighted by molar-refractivity contribution is 5.28. The molecule has 0 aliphatic heterocycles. The van der Waals surface area contributed by atoms with Gasteiger partial charge in [-0.1, -0.05) is 0 Å². The van der Waals surface area contributed by atoms with Gasteiger partial charge in [-0.05, 0) is 12.5 Å². The van der Waals surface area contributed by atoms with Crippen molar-refractivity contribution in [2.24, 2.45) is 0 Å². The van der Waals surface area contributed by atoms with Gasteiger partial charge < -0.3 is 9.15 Å². The van der Waals surface area contributed by atoms with Crippen molar-refractivity contribution in [3.05, 3.63) is 52.1 Å². The summed E-state index contributed by atoms with van der Waals surface area (Å²) in [6.07, 6.45) is 6.36. The molecule has 1 aromatic rings. The lowest BCUT2D eigenvalue weighted by atomic mass is 9.95. The third-order valence-corrected chi connectivity index (χ3v) is 2.44. The molecule has 6 heteroatoms. The molecule has 16 heavy (non-hydrogen) atoms. The van der Waals surface area contributed by atoms with Gasteiger partial charge in [0.05, 0.1) is 30.2 Å². The number of nitrogens with zero attached hydrogens (tertiary/aromatic N) is 2. The molecule has 0 spiro atoms. The zero-order valence-corrected chi connectivity index (χ0v) is 8.62. The number of oxazole rings is 1. The highest BCUT2D eigenvalue weighted by Crippen LogP contribution is 2.33. The van der Waals surface area contributed by atoms with Crippen LogP contribution in [0.1, 0.15) is 18.1 Å². The predicted octanol–water partition coefficient (Wildman–Crippen LogP) is 1.85. The minimum atomic E-state index is -0.435. The summed E-state index contributed by atoms with van der Waals surface area (Å²) in [5.74, 6) is 1.04. The van der Waals surface area contributed by atoms with E-state index in [9.17, 15) is 10.1 Å². The van der Waals surface area contributed by atoms with E-state index < -0.39 is 4.92 Å². The zero-order valence-electron chi connectivity index (χ0n) is 8.62. The van der Waals surface area contributed by atoms with Gasteiger partial charge in [0.2, 0.25) is 0 Å². The number of methoxy groups -OCH3 is 1. The van der Waals surface area contributed by atoms with Crippen molar-refractivity contribution in [2.45, 2.75) is 12.3 Å². The second kappa shape index (κ2) is 4.18. The fraction of sp³-hybridized carbons (Fsp3) is 0.300. The molecule has 6 nitrogen and oxygen atoms in total. The van der Waals surface area contributed by atoms with Crippen LogP contribution < -0.4 is 0 Å². The molecule has 1 heterocycles. The first-order chi connectivity index (χ1) is 7.72. The van der Waals surface area contributed by atoms with Gasteiger partial charge in [0.15, 0.2) is 6.39 Å². The molecule has 1 atom stereocenters. The Balaban J connectivity index is 2.28. The second-order valence-corrected chi connectivity index (χ2v) is 3.33. The summed E-state index contributed by atoms with van der Waals surface area (Å²) in [5.41, 5.74) is 0.0487. The van der Waals surface area contributed by atoms with Crippen molar-refractivity contribution in [2.75, 3.05) is 7.11 Å². The van der Waals surface area contributed by atoms with E-state index in [4.69, 9.17) is 9.15 Å². The summed E-state index contributed by atoms with van der Waals surface area (Å²) in [5, 5.41) is 10.6. The van der Waals surface area contributed by atoms with E-state index >= 15 is 0 Å². The quantitative estimate of drug-likeness (QED) is 0.576. The Morgan fingerprint density at radius 3 is 3.06 bits per heavy atom. The van der Waals surface area contributed by atoms with E-state index in [1.807, 2.05) is 0 Å². The van der Waals surface area contributed by atoms with Crippen LogP contribution >= 0.6 is 0 Å². The third kappa shape index (κ3) is 1.81. The first-order valence-electron chi connectivity index (χ1n) is 4.71. The summed E-state index contributed by atoms with van der Waals surface area (Å²) < 4.78 is 10.3. The normalized spacial score (nSPS) is 19.9. The molecular formula is C10H10N2O4. The van der Waals surface area contributed by atoms with Gasteiger partial charge in [-0.15, -0.1) is 0 Å². The zero-order chi connectivity index (χ0) is 11.5. The van der Waals surface area contributed by atoms with Crippen LogP contribution in [0, 0.1) is 10.1 Å². The number of nitro groups is 1. The second-order valence-electron chi connectivity index (χ2n) is 3.33. The monoisotopic (exact) mass is 222 g/mol. The van der Waals surface area contributed by atoms with E-state index in [-0.39, 0.29) is 11.6 Å². The fourth-order valence-electron chi connectivity index (χ4n) is 1.64. The van der Waals surface area contributed by atoms with E-state index in [0.29, 0.717) is 17.9 Å². The largest absolute Gasteiger partial charge is 0.500 e. The number of hydrogen-bond acceptors (Lipinski definition) is 5. The molecular weight excluding hydrogens is 212 g/mol. The lowest BCUT2D eigenvalue weighted by Gasteiger charge is -2.17. The molecule has 0 fully saturated rings. The van der Waals surface area contributed by atoms with Gasteiger partial charge in [-0.25, -0.2) is 4.98 Å². The molecule has 1 aliphatic carbocycles. The molecule has 84 valence electrons. The summed E-state index contributed by atoms with van der Waals surface area (Å²) in [6, 6.07) is 0. The molecule has 0 saturated heterocycles. The van der Waals surface area contributed by atoms with Crippen LogP contribution in [-0.4, -0.2) is 17.0 Å². The van der Waals surface area contributed by atoms with Crippen LogP contribution in [0.15, 0.2) is 40.6 Å². The molecule has 0 bridgehead atoms. The predicted molar refractivity (Wildman–Crippen MR) is 54.0 cm³/mol. The molecule has 0 saturated carbocycles. The molecule has 1 aliphatic rings. The van der Waals surface area contributed by atoms with Crippen molar-refractivity contribution in [1.29, 1.82) is 0 Å². The highest BCUT2D eigenvalue weighted by atomic mass is 16.6. The molecule has 2 rings (SSSR count). The Hall–Kier alpha value is -2.11. The Kier molecular flexibility index (Phi) is 2.72. The van der Waals surface area contributed by atoms with Crippen molar-refractivity contribution in [3.8, 4) is 0 Å². The number of rotatable bonds is 3. The topological polar surface area (TPSA) is 78.4 Å². The molecule has 0 N–H and O–H groups in total. The fourth-order valence-corrected chi connectivity index (χ4v) is 1.64. The lowest BCUT2D eigenvalue weighted by molar-refractivity contribution is -0.419. The summed E-state index contributed by atoms with van der Waals surface area (Å²) >= 11 is 0. The van der Waals surface area contributed by atoms with Gasteiger partial charge >= 0.3 is 0 Å². The number of allylic oxidation sites excluding steroid dienone is 3. The standard InChI is InChI=1S/C10H10N2O4/c1-15-9-4-7(12(13)14)2-3-8(9)10-5-11-6-16-10/h2,4-6,8H,3H2,1H3. The maximum Gasteiger partial charge on any atom is 0.268 e. The smallest absolute Gasteiger partial charge is 0.268 e. The van der Waals surface area contributed by atoms with Gasteiger partial charge in [-0.2, -0.15) is 0 Å². The van der Waals surface area contributed by atoms with E-state index in [0.717, 1.165) is 0 Å². The minimum absolute atomic E-state index is 0.0487. The lowest BCUT2D eigenvalue weighted by Crippen LogP contribution is -2.10. The van der Waals surface area contributed by atoms with Crippen LogP contribution in [0.5, 0.6) is 0 Å². The highest BCUT2D eigenvalue weighted by Gasteiger charge is 2.27. The molecule has 0 aromatic carbocycles. The maximum absolute atomic E-state index is 10.6. The molecule has 1 aromatic heterocycles. The van der Waals surface area contributed by atoms with Crippen molar-refractivity contribution in [3.63, 3.8) is 0 Å². The maximum atomic E-state index is 10.6. The van der Waals surface area contributed by atoms with Crippen molar-refractivity contribution >= 4 is 0 Å². The number of ether oxygens (including phenoxy) is 1. The Morgan fingerprint density at radius 1 is 1.69 bits per heavy atom. The first-order valence-corrected chi connectivity index (χ1v) is 4.71. The molecule has 0 amide bonds. The SMILES string of the molecule is COC1=CC([N+](=O)[O-])=CCC1c1cnco1. The van der Waals surface area contributed by atoms with Gasteiger partial charge in [0.1, 0.15) is 11.5 Å². The van der Waals surface area contributed by atoms with Crippen molar-refractivity contribution in [1.82, 2.24) is 4.98 Å². The summed E-state index contributed by atoms with van der Waals surface area (Å²) in [7, 11) is 1.48. The number of aromatic nitrogens is 1. The van der Waals surface area contributed by atoms with Crippen LogP contribution in [0.3, 0.4) is 0 Å². The van der Waals surface area contributed by atoms with E-state index in [1.165, 1.54) is 19.6 Å². The van der Waals surface area contributed by atoms with Crippen LogP contribution in [0.4, 0.5) is 0 Å². The number of hydrogen-bond donors (Lipinski definition) is 0. The average molecular weight is 222 g/mol. The van der Waals surface area contributed by atoms with Crippen molar-refractivity contribution < 1.29 is 14.1 Å². The Labute approximate surface area is 91.4 Å².